The molecule has 0 atom stereocenters. The lowest BCUT2D eigenvalue weighted by Crippen LogP contribution is -2.30. The van der Waals surface area contributed by atoms with Crippen LogP contribution in [0.4, 0.5) is 0 Å². The zero-order valence-electron chi connectivity index (χ0n) is 13.7. The van der Waals surface area contributed by atoms with E-state index in [0.717, 1.165) is 11.6 Å². The number of methoxy groups -OCH3 is 1. The number of ether oxygens (including phenoxy) is 1. The summed E-state index contributed by atoms with van der Waals surface area (Å²) >= 11 is 5.65. The van der Waals surface area contributed by atoms with Gasteiger partial charge in [-0.25, -0.2) is 18.1 Å². The van der Waals surface area contributed by atoms with E-state index in [1.165, 1.54) is 31.5 Å². The van der Waals surface area contributed by atoms with Gasteiger partial charge in [-0.15, -0.1) is 0 Å². The maximum Gasteiger partial charge on any atom is 0.257 e. The van der Waals surface area contributed by atoms with Crippen LogP contribution in [-0.2, 0) is 20.6 Å². The van der Waals surface area contributed by atoms with Crippen molar-refractivity contribution in [1.29, 1.82) is 0 Å². The minimum absolute atomic E-state index is 0.264. The second kappa shape index (κ2) is 8.13. The van der Waals surface area contributed by atoms with Gasteiger partial charge in [-0.1, -0.05) is 29.3 Å². The first-order valence-corrected chi connectivity index (χ1v) is 9.30. The zero-order chi connectivity index (χ0) is 18.4. The van der Waals surface area contributed by atoms with Crippen LogP contribution in [0.15, 0.2) is 42.6 Å². The summed E-state index contributed by atoms with van der Waals surface area (Å²) in [5.41, 5.74) is 2.09. The molecule has 0 spiro atoms. The van der Waals surface area contributed by atoms with Crippen LogP contribution in [0, 0.1) is 6.92 Å². The Morgan fingerprint density at radius 2 is 2.08 bits per heavy atom. The molecule has 1 aromatic carbocycles. The number of carbonyl (C=O) groups excluding carboxylic acids is 1. The Balaban J connectivity index is 2.06. The minimum atomic E-state index is -3.84. The third-order valence-electron chi connectivity index (χ3n) is 3.20. The number of hydrogen-bond acceptors (Lipinski definition) is 5. The highest BCUT2D eigenvalue weighted by atomic mass is 35.5. The summed E-state index contributed by atoms with van der Waals surface area (Å²) < 4.78 is 31.3. The summed E-state index contributed by atoms with van der Waals surface area (Å²) in [6.45, 7) is 1.90. The normalized spacial score (nSPS) is 11.5. The molecule has 0 fully saturated rings. The van der Waals surface area contributed by atoms with Crippen molar-refractivity contribution >= 4 is 33.6 Å². The fraction of sp³-hybridized carbons (Fsp3) is 0.176. The van der Waals surface area contributed by atoms with Crippen LogP contribution in [0.5, 0.6) is 5.75 Å². The summed E-state index contributed by atoms with van der Waals surface area (Å²) in [6.07, 6.45) is 4.00. The van der Waals surface area contributed by atoms with Crippen molar-refractivity contribution in [2.45, 2.75) is 12.7 Å². The Kier molecular flexibility index (Phi) is 6.17. The van der Waals surface area contributed by atoms with Crippen LogP contribution in [-0.4, -0.2) is 26.4 Å². The molecule has 2 aromatic rings. The Bertz CT molecular complexity index is 893. The molecular weight excluding hydrogens is 364 g/mol. The number of hydrogen-bond donors (Lipinski definition) is 1. The van der Waals surface area contributed by atoms with E-state index in [9.17, 15) is 13.2 Å². The van der Waals surface area contributed by atoms with Crippen molar-refractivity contribution in [2.75, 3.05) is 7.11 Å². The molecule has 0 aliphatic carbocycles. The van der Waals surface area contributed by atoms with Crippen molar-refractivity contribution in [2.24, 2.45) is 0 Å². The van der Waals surface area contributed by atoms with Crippen molar-refractivity contribution < 1.29 is 17.9 Å². The molecule has 0 radical (unpaired) electrons. The average molecular weight is 381 g/mol. The zero-order valence-corrected chi connectivity index (χ0v) is 15.3. The molecule has 1 aromatic heterocycles. The second-order valence-electron chi connectivity index (χ2n) is 5.29. The maximum absolute atomic E-state index is 12.0. The minimum Gasteiger partial charge on any atom is -0.496 e. The van der Waals surface area contributed by atoms with E-state index < -0.39 is 15.9 Å². The standard InChI is InChI=1S/C17H17ClN2O4S/c1-12-3-6-15(24-2)14(9-12)5-8-17(21)20-25(22,23)11-13-4-7-16(18)19-10-13/h3-10H,11H2,1-2H3,(H,20,21). The van der Waals surface area contributed by atoms with Gasteiger partial charge in [-0.3, -0.25) is 4.79 Å². The first-order chi connectivity index (χ1) is 11.8. The Morgan fingerprint density at radius 1 is 1.32 bits per heavy atom. The molecule has 0 aliphatic heterocycles. The lowest BCUT2D eigenvalue weighted by molar-refractivity contribution is -0.114. The largest absolute Gasteiger partial charge is 0.496 e. The number of pyridine rings is 1. The average Bonchev–Trinajstić information content (AvgIpc) is 2.54. The van der Waals surface area contributed by atoms with E-state index in [1.54, 1.807) is 6.07 Å². The van der Waals surface area contributed by atoms with Gasteiger partial charge in [0.15, 0.2) is 0 Å². The van der Waals surface area contributed by atoms with Gasteiger partial charge in [0, 0.05) is 17.8 Å². The monoisotopic (exact) mass is 380 g/mol. The predicted octanol–water partition coefficient (Wildman–Crippen LogP) is 2.71. The van der Waals surface area contributed by atoms with Crippen LogP contribution >= 0.6 is 11.6 Å². The van der Waals surface area contributed by atoms with E-state index in [-0.39, 0.29) is 10.9 Å². The third-order valence-corrected chi connectivity index (χ3v) is 4.65. The van der Waals surface area contributed by atoms with Crippen molar-refractivity contribution in [3.05, 3.63) is 64.4 Å². The Labute approximate surface area is 151 Å². The number of nitrogens with one attached hydrogen (secondary N) is 1. The molecule has 0 saturated carbocycles. The van der Waals surface area contributed by atoms with Gasteiger partial charge in [-0.05, 0) is 36.8 Å². The number of aromatic nitrogens is 1. The first-order valence-electron chi connectivity index (χ1n) is 7.27. The lowest BCUT2D eigenvalue weighted by Gasteiger charge is -2.06. The molecule has 2 rings (SSSR count). The molecule has 1 heterocycles. The number of rotatable bonds is 6. The van der Waals surface area contributed by atoms with Crippen LogP contribution in [0.1, 0.15) is 16.7 Å². The van der Waals surface area contributed by atoms with Crippen molar-refractivity contribution in [3.8, 4) is 5.75 Å². The van der Waals surface area contributed by atoms with Crippen LogP contribution in [0.25, 0.3) is 6.08 Å². The molecule has 8 heteroatoms. The smallest absolute Gasteiger partial charge is 0.257 e. The van der Waals surface area contributed by atoms with E-state index in [1.807, 2.05) is 23.8 Å². The number of sulfonamides is 1. The molecule has 1 N–H and O–H groups in total. The summed E-state index contributed by atoms with van der Waals surface area (Å²) in [5, 5.41) is 0.264. The van der Waals surface area contributed by atoms with Crippen molar-refractivity contribution in [1.82, 2.24) is 9.71 Å². The summed E-state index contributed by atoms with van der Waals surface area (Å²) in [4.78, 5) is 15.7. The molecule has 0 aliphatic rings. The fourth-order valence-corrected chi connectivity index (χ4v) is 3.25. The molecular formula is C17H17ClN2O4S. The lowest BCUT2D eigenvalue weighted by atomic mass is 10.1. The number of halogens is 1. The quantitative estimate of drug-likeness (QED) is 0.615. The molecule has 0 unspecified atom stereocenters. The first kappa shape index (κ1) is 19.0. The summed E-state index contributed by atoms with van der Waals surface area (Å²) in [7, 11) is -2.32. The Hall–Kier alpha value is -2.38. The molecule has 0 bridgehead atoms. The van der Waals surface area contributed by atoms with Crippen LogP contribution < -0.4 is 9.46 Å². The fourth-order valence-electron chi connectivity index (χ4n) is 2.08. The summed E-state index contributed by atoms with van der Waals surface area (Å²) in [5.74, 6) is -0.528. The van der Waals surface area contributed by atoms with E-state index in [2.05, 4.69) is 4.98 Å². The topological polar surface area (TPSA) is 85.4 Å². The number of amides is 1. The molecule has 25 heavy (non-hydrogen) atoms. The number of benzene rings is 1. The predicted molar refractivity (Wildman–Crippen MR) is 96.8 cm³/mol. The van der Waals surface area contributed by atoms with Gasteiger partial charge in [0.25, 0.3) is 5.91 Å². The third kappa shape index (κ3) is 5.88. The molecule has 1 amide bonds. The van der Waals surface area contributed by atoms with Gasteiger partial charge in [-0.2, -0.15) is 0 Å². The summed E-state index contributed by atoms with van der Waals surface area (Å²) in [6, 6.07) is 8.50. The highest BCUT2D eigenvalue weighted by Crippen LogP contribution is 2.20. The van der Waals surface area contributed by atoms with Crippen LogP contribution in [0.3, 0.4) is 0 Å². The van der Waals surface area contributed by atoms with E-state index >= 15 is 0 Å². The van der Waals surface area contributed by atoms with E-state index in [4.69, 9.17) is 16.3 Å². The highest BCUT2D eigenvalue weighted by Gasteiger charge is 2.14. The van der Waals surface area contributed by atoms with Crippen LogP contribution in [0.2, 0.25) is 5.15 Å². The molecule has 6 nitrogen and oxygen atoms in total. The second-order valence-corrected chi connectivity index (χ2v) is 7.40. The van der Waals surface area contributed by atoms with Gasteiger partial charge < -0.3 is 4.74 Å². The number of aryl methyl sites for hydroxylation is 1. The highest BCUT2D eigenvalue weighted by molar-refractivity contribution is 7.89. The van der Waals surface area contributed by atoms with E-state index in [0.29, 0.717) is 16.9 Å². The maximum atomic E-state index is 12.0. The Morgan fingerprint density at radius 3 is 2.72 bits per heavy atom. The molecule has 0 saturated heterocycles. The van der Waals surface area contributed by atoms with Gasteiger partial charge in [0.05, 0.1) is 12.9 Å². The SMILES string of the molecule is COc1ccc(C)cc1C=CC(=O)NS(=O)(=O)Cc1ccc(Cl)nc1. The number of nitrogens with zero attached hydrogens (tertiary/aromatic N) is 1. The van der Waals surface area contributed by atoms with Gasteiger partial charge >= 0.3 is 0 Å². The van der Waals surface area contributed by atoms with Gasteiger partial charge in [0.1, 0.15) is 10.9 Å². The van der Waals surface area contributed by atoms with Crippen molar-refractivity contribution in [3.63, 3.8) is 0 Å². The number of carbonyl (C=O) groups is 1. The molecule has 132 valence electrons. The van der Waals surface area contributed by atoms with Gasteiger partial charge in [0.2, 0.25) is 10.0 Å².